The summed E-state index contributed by atoms with van der Waals surface area (Å²) in [6, 6.07) is -0.210. The summed E-state index contributed by atoms with van der Waals surface area (Å²) in [5.74, 6) is -1.40. The number of β-lactam (4-membered cyclic amide) rings is 1. The van der Waals surface area contributed by atoms with Gasteiger partial charge in [-0.1, -0.05) is 6.08 Å². The van der Waals surface area contributed by atoms with Crippen molar-refractivity contribution in [1.82, 2.24) is 10.2 Å². The number of amides is 1. The minimum Gasteiger partial charge on any atom is -0.477 e. The molecule has 4 atom stereocenters. The molecule has 0 spiro atoms. The topological polar surface area (TPSA) is 89.9 Å². The van der Waals surface area contributed by atoms with Gasteiger partial charge >= 0.3 is 5.97 Å². The Labute approximate surface area is 129 Å². The van der Waals surface area contributed by atoms with Crippen LogP contribution in [-0.4, -0.2) is 52.2 Å². The Kier molecular flexibility index (Phi) is 3.82. The SMILES string of the molecule is C/C(=C\C1CCNC1)C1=C(C(=O)O)N2C(=O)[C@H]([C@@H](C)O)[C@H]2C1. The first-order valence-corrected chi connectivity index (χ1v) is 7.79. The number of nitrogens with one attached hydrogen (secondary N) is 1. The minimum absolute atomic E-state index is 0.103. The zero-order valence-electron chi connectivity index (χ0n) is 12.9. The van der Waals surface area contributed by atoms with Gasteiger partial charge in [0.15, 0.2) is 0 Å². The van der Waals surface area contributed by atoms with E-state index in [0.29, 0.717) is 12.3 Å². The van der Waals surface area contributed by atoms with E-state index in [1.54, 1.807) is 6.92 Å². The standard InChI is InChI=1S/C16H22N2O4/c1-8(5-10-3-4-17-7-10)11-6-12-13(9(2)19)15(20)18(12)14(11)16(21)22/h5,9-10,12-13,17,19H,3-4,6-7H2,1-2H3,(H,21,22)/b8-5+/t9-,10?,12-,13-/m1/s1. The predicted octanol–water partition coefficient (Wildman–Crippen LogP) is 0.492. The monoisotopic (exact) mass is 306 g/mol. The first-order valence-electron chi connectivity index (χ1n) is 7.79. The zero-order valence-corrected chi connectivity index (χ0v) is 12.9. The molecule has 0 aliphatic carbocycles. The van der Waals surface area contributed by atoms with Gasteiger partial charge in [-0.25, -0.2) is 4.79 Å². The summed E-state index contributed by atoms with van der Waals surface area (Å²) in [4.78, 5) is 25.1. The Morgan fingerprint density at radius 2 is 2.23 bits per heavy atom. The third-order valence-electron chi connectivity index (χ3n) is 4.99. The van der Waals surface area contributed by atoms with Crippen molar-refractivity contribution in [3.05, 3.63) is 22.9 Å². The van der Waals surface area contributed by atoms with Crippen molar-refractivity contribution < 1.29 is 19.8 Å². The van der Waals surface area contributed by atoms with Crippen LogP contribution in [0.4, 0.5) is 0 Å². The average molecular weight is 306 g/mol. The molecule has 3 aliphatic heterocycles. The number of carbonyl (C=O) groups excluding carboxylic acids is 1. The number of carbonyl (C=O) groups is 2. The highest BCUT2D eigenvalue weighted by atomic mass is 16.4. The molecule has 0 aromatic carbocycles. The molecule has 120 valence electrons. The van der Waals surface area contributed by atoms with Gasteiger partial charge in [0, 0.05) is 6.54 Å². The van der Waals surface area contributed by atoms with E-state index < -0.39 is 18.0 Å². The molecule has 0 saturated carbocycles. The lowest BCUT2D eigenvalue weighted by atomic mass is 9.82. The predicted molar refractivity (Wildman–Crippen MR) is 79.8 cm³/mol. The zero-order chi connectivity index (χ0) is 16.0. The molecule has 22 heavy (non-hydrogen) atoms. The van der Waals surface area contributed by atoms with E-state index in [0.717, 1.165) is 30.7 Å². The summed E-state index contributed by atoms with van der Waals surface area (Å²) in [5.41, 5.74) is 1.78. The van der Waals surface area contributed by atoms with E-state index in [1.165, 1.54) is 4.90 Å². The summed E-state index contributed by atoms with van der Waals surface area (Å²) in [6.45, 7) is 5.40. The van der Waals surface area contributed by atoms with Crippen LogP contribution in [0.5, 0.6) is 0 Å². The molecular formula is C16H22N2O4. The number of aliphatic carboxylic acids is 1. The molecule has 2 saturated heterocycles. The van der Waals surface area contributed by atoms with Crippen molar-refractivity contribution in [2.24, 2.45) is 11.8 Å². The fourth-order valence-corrected chi connectivity index (χ4v) is 3.89. The van der Waals surface area contributed by atoms with Crippen molar-refractivity contribution in [3.8, 4) is 0 Å². The molecule has 2 fully saturated rings. The van der Waals surface area contributed by atoms with Crippen LogP contribution in [0.15, 0.2) is 22.9 Å². The van der Waals surface area contributed by atoms with Crippen LogP contribution in [0.1, 0.15) is 26.7 Å². The molecular weight excluding hydrogens is 284 g/mol. The largest absolute Gasteiger partial charge is 0.477 e. The Morgan fingerprint density at radius 1 is 1.50 bits per heavy atom. The second-order valence-corrected chi connectivity index (χ2v) is 6.48. The first kappa shape index (κ1) is 15.2. The van der Waals surface area contributed by atoms with Crippen molar-refractivity contribution >= 4 is 11.9 Å². The highest BCUT2D eigenvalue weighted by Crippen LogP contribution is 2.45. The summed E-state index contributed by atoms with van der Waals surface area (Å²) in [7, 11) is 0. The van der Waals surface area contributed by atoms with E-state index in [4.69, 9.17) is 0 Å². The number of hydrogen-bond acceptors (Lipinski definition) is 4. The van der Waals surface area contributed by atoms with Gasteiger partial charge in [-0.05, 0) is 50.3 Å². The summed E-state index contributed by atoms with van der Waals surface area (Å²) in [6.07, 6.45) is 2.94. The number of nitrogens with zero attached hydrogens (tertiary/aromatic N) is 1. The Balaban J connectivity index is 1.89. The third kappa shape index (κ3) is 2.27. The highest BCUT2D eigenvalue weighted by Gasteiger charge is 2.56. The molecule has 0 radical (unpaired) electrons. The van der Waals surface area contributed by atoms with Gasteiger partial charge in [0.05, 0.1) is 18.1 Å². The average Bonchev–Trinajstić information content (AvgIpc) is 3.03. The van der Waals surface area contributed by atoms with E-state index >= 15 is 0 Å². The molecule has 1 unspecified atom stereocenters. The van der Waals surface area contributed by atoms with Crippen LogP contribution in [-0.2, 0) is 9.59 Å². The van der Waals surface area contributed by atoms with Gasteiger partial charge in [-0.3, -0.25) is 4.79 Å². The van der Waals surface area contributed by atoms with Gasteiger partial charge in [0.1, 0.15) is 5.70 Å². The van der Waals surface area contributed by atoms with E-state index in [2.05, 4.69) is 11.4 Å². The maximum atomic E-state index is 12.2. The Bertz CT molecular complexity index is 573. The smallest absolute Gasteiger partial charge is 0.352 e. The lowest BCUT2D eigenvalue weighted by Crippen LogP contribution is -2.61. The van der Waals surface area contributed by atoms with Crippen LogP contribution < -0.4 is 5.32 Å². The molecule has 3 heterocycles. The van der Waals surface area contributed by atoms with Crippen LogP contribution in [0.2, 0.25) is 0 Å². The second kappa shape index (κ2) is 5.52. The van der Waals surface area contributed by atoms with Gasteiger partial charge in [0.2, 0.25) is 5.91 Å². The van der Waals surface area contributed by atoms with Crippen LogP contribution >= 0.6 is 0 Å². The maximum Gasteiger partial charge on any atom is 0.352 e. The molecule has 0 aromatic rings. The van der Waals surface area contributed by atoms with Gasteiger partial charge < -0.3 is 20.4 Å². The number of aliphatic hydroxyl groups excluding tert-OH is 1. The third-order valence-corrected chi connectivity index (χ3v) is 4.99. The molecule has 3 rings (SSSR count). The highest BCUT2D eigenvalue weighted by molar-refractivity contribution is 6.00. The molecule has 3 aliphatic rings. The van der Waals surface area contributed by atoms with E-state index in [9.17, 15) is 19.8 Å². The quantitative estimate of drug-likeness (QED) is 0.658. The van der Waals surface area contributed by atoms with E-state index in [-0.39, 0.29) is 17.6 Å². The molecule has 3 N–H and O–H groups in total. The van der Waals surface area contributed by atoms with Crippen LogP contribution in [0.3, 0.4) is 0 Å². The number of fused-ring (bicyclic) bond motifs is 1. The van der Waals surface area contributed by atoms with Crippen LogP contribution in [0.25, 0.3) is 0 Å². The number of carboxylic acids is 1. The number of rotatable bonds is 4. The lowest BCUT2D eigenvalue weighted by Gasteiger charge is -2.44. The molecule has 0 bridgehead atoms. The van der Waals surface area contributed by atoms with Crippen molar-refractivity contribution in [1.29, 1.82) is 0 Å². The van der Waals surface area contributed by atoms with Gasteiger partial charge in [0.25, 0.3) is 0 Å². The first-order chi connectivity index (χ1) is 10.4. The van der Waals surface area contributed by atoms with Crippen molar-refractivity contribution in [2.45, 2.75) is 38.8 Å². The Hall–Kier alpha value is -1.66. The molecule has 1 amide bonds. The maximum absolute atomic E-state index is 12.2. The fourth-order valence-electron chi connectivity index (χ4n) is 3.89. The molecule has 0 aromatic heterocycles. The second-order valence-electron chi connectivity index (χ2n) is 6.48. The summed E-state index contributed by atoms with van der Waals surface area (Å²) < 4.78 is 0. The molecule has 6 nitrogen and oxygen atoms in total. The summed E-state index contributed by atoms with van der Waals surface area (Å²) >= 11 is 0. The normalized spacial score (nSPS) is 33.0. The fraction of sp³-hybridized carbons (Fsp3) is 0.625. The lowest BCUT2D eigenvalue weighted by molar-refractivity contribution is -0.161. The van der Waals surface area contributed by atoms with Crippen molar-refractivity contribution in [3.63, 3.8) is 0 Å². The molecule has 6 heteroatoms. The van der Waals surface area contributed by atoms with Gasteiger partial charge in [-0.2, -0.15) is 0 Å². The number of carboxylic acid groups (broad SMARTS) is 1. The Morgan fingerprint density at radius 3 is 2.77 bits per heavy atom. The van der Waals surface area contributed by atoms with E-state index in [1.807, 2.05) is 6.92 Å². The van der Waals surface area contributed by atoms with Crippen LogP contribution in [0, 0.1) is 11.8 Å². The minimum atomic E-state index is -1.06. The number of aliphatic hydroxyl groups is 1. The number of allylic oxidation sites excluding steroid dienone is 1. The van der Waals surface area contributed by atoms with Gasteiger partial charge in [-0.15, -0.1) is 0 Å². The number of hydrogen-bond donors (Lipinski definition) is 3. The van der Waals surface area contributed by atoms with Crippen molar-refractivity contribution in [2.75, 3.05) is 13.1 Å². The summed E-state index contributed by atoms with van der Waals surface area (Å²) in [5, 5.41) is 22.5.